The number of carbonyl (C=O) groups excluding carboxylic acids is 1. The summed E-state index contributed by atoms with van der Waals surface area (Å²) >= 11 is 0. The number of fused-ring (bicyclic) bond motifs is 1. The van der Waals surface area contributed by atoms with Gasteiger partial charge in [-0.15, -0.1) is 10.2 Å². The monoisotopic (exact) mass is 450 g/mol. The van der Waals surface area contributed by atoms with E-state index >= 15 is 0 Å². The molecule has 0 bridgehead atoms. The van der Waals surface area contributed by atoms with Crippen molar-refractivity contribution in [3.8, 4) is 22.5 Å². The van der Waals surface area contributed by atoms with Gasteiger partial charge in [-0.1, -0.05) is 24.3 Å². The number of tetrazole rings is 1. The number of halogens is 3. The number of para-hydroxylation sites is 1. The number of nitrogens with two attached hydrogens (primary N) is 1. The van der Waals surface area contributed by atoms with Crippen molar-refractivity contribution < 1.29 is 26.4 Å². The normalized spacial score (nSPS) is 12.4. The maximum Gasteiger partial charge on any atom is 0.417 e. The van der Waals surface area contributed by atoms with Crippen molar-refractivity contribution in [3.63, 3.8) is 0 Å². The second-order valence-corrected chi connectivity index (χ2v) is 8.64. The minimum atomic E-state index is -4.95. The van der Waals surface area contributed by atoms with E-state index in [0.29, 0.717) is 28.8 Å². The predicted octanol–water partition coefficient (Wildman–Crippen LogP) is 2.54. The van der Waals surface area contributed by atoms with E-state index in [2.05, 4.69) is 25.6 Å². The Labute approximate surface area is 172 Å². The van der Waals surface area contributed by atoms with Crippen LogP contribution in [-0.2, 0) is 16.0 Å². The number of nitrogens with zero attached hydrogens (tertiary/aromatic N) is 3. The van der Waals surface area contributed by atoms with Crippen LogP contribution in [0.3, 0.4) is 0 Å². The largest absolute Gasteiger partial charge is 0.417 e. The molecule has 0 fully saturated rings. The molecule has 13 heteroatoms. The molecule has 0 aliphatic heterocycles. The number of rotatable bonds is 4. The number of aromatic nitrogens is 5. The Bertz CT molecular complexity index is 1430. The maximum atomic E-state index is 13.7. The summed E-state index contributed by atoms with van der Waals surface area (Å²) in [5.74, 6) is -1.06. The first-order chi connectivity index (χ1) is 14.5. The van der Waals surface area contributed by atoms with Crippen molar-refractivity contribution in [3.05, 3.63) is 47.7 Å². The zero-order valence-corrected chi connectivity index (χ0v) is 16.5. The van der Waals surface area contributed by atoms with Crippen molar-refractivity contribution in [1.29, 1.82) is 0 Å². The average molecular weight is 450 g/mol. The van der Waals surface area contributed by atoms with Gasteiger partial charge in [0.05, 0.1) is 21.5 Å². The van der Waals surface area contributed by atoms with Crippen LogP contribution in [0.1, 0.15) is 16.1 Å². The lowest BCUT2D eigenvalue weighted by molar-refractivity contribution is -0.139. The van der Waals surface area contributed by atoms with Gasteiger partial charge in [-0.25, -0.2) is 8.42 Å². The molecule has 0 spiro atoms. The number of alkyl halides is 3. The summed E-state index contributed by atoms with van der Waals surface area (Å²) in [6.45, 7) is 0. The molecule has 4 aromatic rings. The van der Waals surface area contributed by atoms with Gasteiger partial charge in [-0.2, -0.15) is 18.4 Å². The topological polar surface area (TPSA) is 147 Å². The maximum absolute atomic E-state index is 13.7. The highest BCUT2D eigenvalue weighted by Gasteiger charge is 2.39. The summed E-state index contributed by atoms with van der Waals surface area (Å²) in [5.41, 5.74) is 4.47. The van der Waals surface area contributed by atoms with E-state index in [9.17, 15) is 26.4 Å². The molecule has 4 N–H and O–H groups in total. The van der Waals surface area contributed by atoms with Gasteiger partial charge in [-0.3, -0.25) is 4.79 Å². The van der Waals surface area contributed by atoms with E-state index in [0.717, 1.165) is 6.07 Å². The van der Waals surface area contributed by atoms with Crippen LogP contribution in [0.15, 0.2) is 41.3 Å². The first-order valence-electron chi connectivity index (χ1n) is 8.58. The van der Waals surface area contributed by atoms with Gasteiger partial charge in [-0.05, 0) is 22.9 Å². The van der Waals surface area contributed by atoms with E-state index in [4.69, 9.17) is 5.73 Å². The highest BCUT2D eigenvalue weighted by atomic mass is 32.2. The highest BCUT2D eigenvalue weighted by molar-refractivity contribution is 7.91. The van der Waals surface area contributed by atoms with E-state index < -0.39 is 32.4 Å². The van der Waals surface area contributed by atoms with Crippen LogP contribution >= 0.6 is 0 Å². The van der Waals surface area contributed by atoms with Crippen LogP contribution in [0.5, 0.6) is 0 Å². The third kappa shape index (κ3) is 3.52. The van der Waals surface area contributed by atoms with E-state index in [1.807, 2.05) is 0 Å². The number of hydrogen-bond acceptors (Lipinski definition) is 6. The fourth-order valence-corrected chi connectivity index (χ4v) is 4.57. The molecule has 160 valence electrons. The summed E-state index contributed by atoms with van der Waals surface area (Å²) in [6.07, 6.45) is -4.28. The first kappa shape index (κ1) is 20.5. The van der Waals surface area contributed by atoms with Crippen LogP contribution in [0.4, 0.5) is 13.2 Å². The minimum absolute atomic E-state index is 0.0822. The molecule has 0 radical (unpaired) electrons. The fourth-order valence-electron chi connectivity index (χ4n) is 3.42. The number of amides is 1. The molecule has 4 rings (SSSR count). The molecule has 0 aliphatic carbocycles. The minimum Gasteiger partial charge on any atom is -0.364 e. The van der Waals surface area contributed by atoms with Gasteiger partial charge in [0.25, 0.3) is 5.91 Å². The van der Waals surface area contributed by atoms with Crippen LogP contribution in [0.25, 0.3) is 33.4 Å². The number of carbonyl (C=O) groups is 1. The van der Waals surface area contributed by atoms with E-state index in [-0.39, 0.29) is 22.6 Å². The van der Waals surface area contributed by atoms with E-state index in [1.54, 1.807) is 18.2 Å². The van der Waals surface area contributed by atoms with Gasteiger partial charge in [0.2, 0.25) is 5.82 Å². The van der Waals surface area contributed by atoms with Gasteiger partial charge in [0.1, 0.15) is 5.69 Å². The van der Waals surface area contributed by atoms with Crippen molar-refractivity contribution in [2.24, 2.45) is 5.73 Å². The molecule has 0 saturated carbocycles. The van der Waals surface area contributed by atoms with Crippen LogP contribution in [0, 0.1) is 0 Å². The third-order valence-electron chi connectivity index (χ3n) is 4.61. The molecule has 2 heterocycles. The average Bonchev–Trinajstić information content (AvgIpc) is 3.34. The molecule has 1 amide bonds. The molecular weight excluding hydrogens is 437 g/mol. The smallest absolute Gasteiger partial charge is 0.364 e. The molecule has 0 atom stereocenters. The molecule has 31 heavy (non-hydrogen) atoms. The summed E-state index contributed by atoms with van der Waals surface area (Å²) in [6, 6.07) is 8.12. The summed E-state index contributed by atoms with van der Waals surface area (Å²) in [4.78, 5) is 13.4. The van der Waals surface area contributed by atoms with Crippen molar-refractivity contribution in [2.75, 3.05) is 6.26 Å². The Kier molecular flexibility index (Phi) is 4.57. The molecule has 2 aromatic carbocycles. The Morgan fingerprint density at radius 3 is 2.45 bits per heavy atom. The Balaban J connectivity index is 2.17. The van der Waals surface area contributed by atoms with Gasteiger partial charge < -0.3 is 10.7 Å². The second kappa shape index (κ2) is 6.91. The fraction of sp³-hybridized carbons (Fsp3) is 0.111. The summed E-state index contributed by atoms with van der Waals surface area (Å²) in [7, 11) is -4.39. The lowest BCUT2D eigenvalue weighted by Gasteiger charge is -2.18. The molecule has 2 aromatic heterocycles. The quantitative estimate of drug-likeness (QED) is 0.435. The summed E-state index contributed by atoms with van der Waals surface area (Å²) in [5, 5.41) is 13.5. The molecule has 0 saturated heterocycles. The number of primary amides is 1. The molecule has 0 aliphatic rings. The number of aromatic amines is 2. The Morgan fingerprint density at radius 2 is 1.87 bits per heavy atom. The number of hydrogen-bond donors (Lipinski definition) is 3. The zero-order valence-electron chi connectivity index (χ0n) is 15.6. The van der Waals surface area contributed by atoms with Crippen LogP contribution in [-0.4, -0.2) is 46.2 Å². The van der Waals surface area contributed by atoms with Crippen molar-refractivity contribution in [1.82, 2.24) is 25.6 Å². The van der Waals surface area contributed by atoms with Crippen molar-refractivity contribution >= 4 is 26.6 Å². The number of nitrogens with one attached hydrogen (secondary N) is 2. The lowest BCUT2D eigenvalue weighted by atomic mass is 9.95. The highest BCUT2D eigenvalue weighted by Crippen LogP contribution is 2.44. The Morgan fingerprint density at radius 1 is 1.13 bits per heavy atom. The van der Waals surface area contributed by atoms with Gasteiger partial charge in [0.15, 0.2) is 9.84 Å². The number of benzene rings is 2. The zero-order chi connectivity index (χ0) is 22.6. The summed E-state index contributed by atoms with van der Waals surface area (Å²) < 4.78 is 66.1. The Hall–Kier alpha value is -3.74. The third-order valence-corrected chi connectivity index (χ3v) is 5.78. The standard InChI is InChI=1S/C18H13F3N6O3S/c1-31(29,30)15-11(18(19,20)21)6-5-9(13(15)17-24-26-27-25-17)10-4-2-3-8-7-12(16(22)28)23-14(8)10/h2-7,23H,1H3,(H2,22,28)(H,24,25,26,27). The lowest BCUT2D eigenvalue weighted by Crippen LogP contribution is -2.15. The van der Waals surface area contributed by atoms with Crippen LogP contribution in [0.2, 0.25) is 0 Å². The number of sulfone groups is 1. The number of H-pyrrole nitrogens is 2. The van der Waals surface area contributed by atoms with Crippen LogP contribution < -0.4 is 5.73 Å². The first-order valence-corrected chi connectivity index (χ1v) is 10.5. The van der Waals surface area contributed by atoms with E-state index in [1.165, 1.54) is 6.07 Å². The SMILES string of the molecule is CS(=O)(=O)c1c(C(F)(F)F)ccc(-c2cccc3cc(C(N)=O)[nH]c23)c1-c1nn[nH]n1. The predicted molar refractivity (Wildman–Crippen MR) is 104 cm³/mol. The molecular formula is C18H13F3N6O3S. The van der Waals surface area contributed by atoms with Gasteiger partial charge >= 0.3 is 6.18 Å². The molecule has 9 nitrogen and oxygen atoms in total. The second-order valence-electron chi connectivity index (χ2n) is 6.69. The van der Waals surface area contributed by atoms with Crippen molar-refractivity contribution in [2.45, 2.75) is 11.1 Å². The van der Waals surface area contributed by atoms with Gasteiger partial charge in [0, 0.05) is 17.2 Å². The molecule has 0 unspecified atom stereocenters.